The highest BCUT2D eigenvalue weighted by molar-refractivity contribution is 6.15. The molecule has 0 aliphatic carbocycles. The van der Waals surface area contributed by atoms with E-state index in [2.05, 4.69) is 142 Å². The first-order valence-electron chi connectivity index (χ1n) is 53.3. The summed E-state index contributed by atoms with van der Waals surface area (Å²) in [4.78, 5) is 56.1. The zero-order valence-corrected chi connectivity index (χ0v) is 81.3. The summed E-state index contributed by atoms with van der Waals surface area (Å²) in [6.45, 7) is 33.2. The summed E-state index contributed by atoms with van der Waals surface area (Å²) in [7, 11) is 0. The molecule has 18 heterocycles. The summed E-state index contributed by atoms with van der Waals surface area (Å²) in [5, 5.41) is 9.80. The standard InChI is InChI=1S/2C24H25N3O.2C23H24N4O.C21H20N4O/c2*1-14(2)26-17(5)27(21-9-7-6-8-20(21)26)22-15(3)10-12-18-19-13-11-16(4)25-24(19)28-23(18)22;2*1-13(2)26-16(5)27(22-19(26)7-6-12-24-22)20-14(3)8-10-17-18-11-9-15(4)25-23(18)28-21(17)20;1-12-7-9-15-16-10-8-13(2)23-21(16)26-19(15)18(12)25-14(3)24(4)17-6-5-11-22-20(17)25/h2*6-14,17H,1-5H3;2*6-13,16H,1-5H3;5-11,14H,1-4H3/t2*17-;2*16-;14-/m00000/s1/i1D3,14D;14D;1D3,13D;13D;4D3/t14?,17-;m;13?,16-;2m. The summed E-state index contributed by atoms with van der Waals surface area (Å²) >= 11 is 0. The Bertz CT molecular complexity index is 8170. The minimum atomic E-state index is -2.52. The van der Waals surface area contributed by atoms with Gasteiger partial charge in [0.25, 0.3) is 0 Å². The zero-order chi connectivity index (χ0) is 107. The average Bonchev–Trinajstić information content (AvgIpc) is 1.56. The first kappa shape index (κ1) is 75.0. The lowest BCUT2D eigenvalue weighted by Crippen LogP contribution is -2.42. The minimum Gasteiger partial charge on any atom is -0.435 e. The third-order valence-corrected chi connectivity index (χ3v) is 27.3. The Kier molecular flexibility index (Phi) is 18.8. The molecule has 23 heteroatoms. The maximum absolute atomic E-state index is 8.82. The van der Waals surface area contributed by atoms with Crippen molar-refractivity contribution in [1.29, 1.82) is 0 Å². The normalized spacial score (nSPS) is 19.3. The predicted octanol–water partition coefficient (Wildman–Crippen LogP) is 29.0. The third-order valence-electron chi connectivity index (χ3n) is 27.3. The van der Waals surface area contributed by atoms with E-state index >= 15 is 0 Å². The largest absolute Gasteiger partial charge is 0.435 e. The number of rotatable bonds is 9. The predicted molar refractivity (Wildman–Crippen MR) is 567 cm³/mol. The van der Waals surface area contributed by atoms with Gasteiger partial charge in [-0.05, 0) is 308 Å². The number of hydrogen-bond acceptors (Lipinski definition) is 23. The van der Waals surface area contributed by atoms with Gasteiger partial charge in [-0.3, -0.25) is 0 Å². The molecule has 5 aliphatic heterocycles. The highest BCUT2D eigenvalue weighted by Crippen LogP contribution is 2.56. The van der Waals surface area contributed by atoms with Crippen molar-refractivity contribution < 1.29 is 39.9 Å². The average molecular weight is 1850 g/mol. The van der Waals surface area contributed by atoms with E-state index in [0.29, 0.717) is 68.3 Å². The molecule has 138 heavy (non-hydrogen) atoms. The lowest BCUT2D eigenvalue weighted by Gasteiger charge is -2.33. The van der Waals surface area contributed by atoms with E-state index in [1.165, 1.54) is 18.7 Å². The van der Waals surface area contributed by atoms with E-state index in [1.807, 2.05) is 247 Å². The molecule has 13 aromatic heterocycles. The Labute approximate surface area is 822 Å². The van der Waals surface area contributed by atoms with E-state index in [1.54, 1.807) is 46.6 Å². The Morgan fingerprint density at radius 2 is 0.486 bits per heavy atom. The Balaban J connectivity index is 0.000000110. The molecule has 25 rings (SSSR count). The molecule has 0 radical (unpaired) electrons. The number of anilines is 15. The molecule has 2 unspecified atom stereocenters. The molecule has 698 valence electrons. The van der Waals surface area contributed by atoms with Gasteiger partial charge in [0.1, 0.15) is 30.8 Å². The third kappa shape index (κ3) is 14.5. The fourth-order valence-corrected chi connectivity index (χ4v) is 21.2. The molecule has 5 aliphatic rings. The van der Waals surface area contributed by atoms with E-state index in [4.69, 9.17) is 44.9 Å². The molecule has 0 fully saturated rings. The molecule has 20 aromatic rings. The molecule has 0 N–H and O–H groups in total. The fourth-order valence-electron chi connectivity index (χ4n) is 21.2. The van der Waals surface area contributed by atoms with Crippen LogP contribution in [-0.2, 0) is 0 Å². The van der Waals surface area contributed by atoms with E-state index in [0.717, 1.165) is 184 Å². The van der Waals surface area contributed by atoms with Crippen LogP contribution in [0.25, 0.3) is 110 Å². The van der Waals surface area contributed by atoms with Crippen molar-refractivity contribution in [2.45, 2.75) is 214 Å². The maximum atomic E-state index is 8.82. The molecular formula is C115H118N18O5. The summed E-state index contributed by atoms with van der Waals surface area (Å²) in [6.07, 6.45) is 3.71. The lowest BCUT2D eigenvalue weighted by molar-refractivity contribution is 0.601. The number of hydrogen-bond donors (Lipinski definition) is 0. The van der Waals surface area contributed by atoms with Crippen LogP contribution >= 0.6 is 0 Å². The Hall–Kier alpha value is -15.3. The molecule has 0 bridgehead atoms. The monoisotopic (exact) mass is 1840 g/mol. The molecule has 7 atom stereocenters. The van der Waals surface area contributed by atoms with Crippen molar-refractivity contribution in [3.8, 4) is 0 Å². The summed E-state index contributed by atoms with van der Waals surface area (Å²) in [6, 6.07) is 62.6. The lowest BCUT2D eigenvalue weighted by atomic mass is 10.1. The molecular weight excluding hydrogens is 1710 g/mol. The van der Waals surface area contributed by atoms with Gasteiger partial charge in [0.2, 0.25) is 28.6 Å². The smallest absolute Gasteiger partial charge is 0.227 e. The van der Waals surface area contributed by atoms with Crippen LogP contribution in [0.4, 0.5) is 85.7 Å². The highest BCUT2D eigenvalue weighted by Gasteiger charge is 2.44. The van der Waals surface area contributed by atoms with E-state index in [-0.39, 0.29) is 12.3 Å². The molecule has 0 saturated carbocycles. The van der Waals surface area contributed by atoms with Crippen molar-refractivity contribution in [3.05, 3.63) is 281 Å². The summed E-state index contributed by atoms with van der Waals surface area (Å²) in [5.74, 6) is 2.06. The van der Waals surface area contributed by atoms with Crippen molar-refractivity contribution in [2.75, 3.05) is 56.0 Å². The zero-order valence-electron chi connectivity index (χ0n) is 94.3. The van der Waals surface area contributed by atoms with Gasteiger partial charge >= 0.3 is 0 Å². The number of aromatic nitrogens is 8. The van der Waals surface area contributed by atoms with Gasteiger partial charge in [-0.25, -0.2) is 39.9 Å². The number of pyridine rings is 8. The van der Waals surface area contributed by atoms with Crippen LogP contribution in [0.2, 0.25) is 0 Å². The SMILES string of the molecule is [2H]C(C)(C)N1c2ccccc2N(c2c(C)ccc3c2oc2nc(C)ccc23)[C@H]1C.[2H]C(C)(C)N1c2cccnc2N(c2c(C)ccc3c2oc2nc(C)ccc23)[C@H]1C.[2H]C([2H])([2H])C([2H])(C)N1c2ccccc2N(c2c(C)ccc3c2oc2nc(C)ccc23)[C@H]1C.[2H]C([2H])([2H])C([2H])(C)N1c2cccnc2N(c2c(C)ccc3c2oc2nc(C)ccc23)[C@H]1C.[2H]C([2H])([2H])N1c2cccnc2N(c2c(C)ccc3c2oc2nc(C)ccc23)[C@H]1C. The van der Waals surface area contributed by atoms with Crippen molar-refractivity contribution >= 4 is 196 Å². The van der Waals surface area contributed by atoms with Gasteiger partial charge in [0, 0.05) is 144 Å². The van der Waals surface area contributed by atoms with Crippen LogP contribution in [0, 0.1) is 69.2 Å². The Morgan fingerprint density at radius 1 is 0.254 bits per heavy atom. The van der Waals surface area contributed by atoms with E-state index in [9.17, 15) is 0 Å². The summed E-state index contributed by atoms with van der Waals surface area (Å²) in [5.41, 5.74) is 26.8. The molecule has 23 nitrogen and oxygen atoms in total. The number of benzene rings is 7. The highest BCUT2D eigenvalue weighted by atomic mass is 16.4. The van der Waals surface area contributed by atoms with Crippen molar-refractivity contribution in [1.82, 2.24) is 39.9 Å². The number of nitrogens with zero attached hydrogens (tertiary/aromatic N) is 18. The van der Waals surface area contributed by atoms with Crippen LogP contribution in [-0.4, -0.2) is 102 Å². The van der Waals surface area contributed by atoms with Crippen LogP contribution in [0.1, 0.15) is 164 Å². The van der Waals surface area contributed by atoms with Gasteiger partial charge in [-0.15, -0.1) is 0 Å². The molecule has 0 amide bonds. The minimum absolute atomic E-state index is 0.0212. The number of aryl methyl sites for hydroxylation is 10. The van der Waals surface area contributed by atoms with Crippen LogP contribution in [0.5, 0.6) is 0 Å². The van der Waals surface area contributed by atoms with Crippen LogP contribution in [0.15, 0.2) is 247 Å². The topological polar surface area (TPSA) is 201 Å². The first-order valence-corrected chi connectivity index (χ1v) is 46.8. The van der Waals surface area contributed by atoms with Gasteiger partial charge < -0.3 is 71.1 Å². The second-order valence-corrected chi connectivity index (χ2v) is 37.0. The number of para-hydroxylation sites is 4. The Morgan fingerprint density at radius 3 is 0.775 bits per heavy atom. The molecule has 7 aromatic carbocycles. The second-order valence-electron chi connectivity index (χ2n) is 37.0. The van der Waals surface area contributed by atoms with Crippen molar-refractivity contribution in [2.24, 2.45) is 0 Å². The van der Waals surface area contributed by atoms with Gasteiger partial charge in [0.15, 0.2) is 45.4 Å². The number of fused-ring (bicyclic) bond motifs is 20. The summed E-state index contributed by atoms with van der Waals surface area (Å²) < 4.78 is 139. The van der Waals surface area contributed by atoms with Gasteiger partial charge in [-0.1, -0.05) is 84.9 Å². The van der Waals surface area contributed by atoms with Crippen molar-refractivity contribution in [3.63, 3.8) is 0 Å². The molecule has 0 spiro atoms. The van der Waals surface area contributed by atoms with Gasteiger partial charge in [0.05, 0.1) is 73.7 Å². The fraction of sp³-hybridized carbons (Fsp3) is 0.287. The maximum Gasteiger partial charge on any atom is 0.227 e. The van der Waals surface area contributed by atoms with E-state index < -0.39 is 63.2 Å². The first-order chi connectivity index (χ1) is 71.3. The van der Waals surface area contributed by atoms with Gasteiger partial charge in [-0.2, -0.15) is 0 Å². The van der Waals surface area contributed by atoms with Crippen LogP contribution in [0.3, 0.4) is 0 Å². The van der Waals surface area contributed by atoms with Crippen LogP contribution < -0.4 is 49.0 Å². The quantitative estimate of drug-likeness (QED) is 0.132. The second kappa shape index (κ2) is 34.5. The molecule has 0 saturated heterocycles. The number of furan rings is 5.